The SMILES string of the molecule is c1ccc(-c2ccc(N(c3cccc(-c4cccc(-c5cccc6ccccc56)c4)c3)c3cccc4c3oc3ccccc34)cc2-c2ccccc2)cc1. The van der Waals surface area contributed by atoms with Gasteiger partial charge < -0.3 is 9.32 Å². The fourth-order valence-electron chi connectivity index (χ4n) is 7.90. The van der Waals surface area contributed by atoms with Gasteiger partial charge >= 0.3 is 0 Å². The van der Waals surface area contributed by atoms with Crippen LogP contribution in [0.1, 0.15) is 0 Å². The molecule has 1 aromatic heterocycles. The van der Waals surface area contributed by atoms with Crippen LogP contribution in [-0.4, -0.2) is 0 Å². The average Bonchev–Trinajstić information content (AvgIpc) is 3.64. The van der Waals surface area contributed by atoms with Crippen molar-refractivity contribution in [3.8, 4) is 44.5 Å². The molecule has 0 spiro atoms. The van der Waals surface area contributed by atoms with Crippen LogP contribution in [0.15, 0.2) is 217 Å². The van der Waals surface area contributed by atoms with Crippen molar-refractivity contribution >= 4 is 49.8 Å². The highest BCUT2D eigenvalue weighted by Gasteiger charge is 2.21. The fourth-order valence-corrected chi connectivity index (χ4v) is 7.90. The highest BCUT2D eigenvalue weighted by atomic mass is 16.3. The molecule has 0 saturated carbocycles. The number of benzene rings is 9. The molecule has 2 heteroatoms. The van der Waals surface area contributed by atoms with Crippen LogP contribution < -0.4 is 4.90 Å². The Bertz CT molecular complexity index is 2940. The number of hydrogen-bond donors (Lipinski definition) is 0. The Morgan fingerprint density at radius 3 is 1.72 bits per heavy atom. The maximum absolute atomic E-state index is 6.69. The van der Waals surface area contributed by atoms with Gasteiger partial charge in [0, 0.05) is 22.1 Å². The predicted octanol–water partition coefficient (Wildman–Crippen LogP) is 14.9. The van der Waals surface area contributed by atoms with Gasteiger partial charge in [0.25, 0.3) is 0 Å². The van der Waals surface area contributed by atoms with Gasteiger partial charge in [0.1, 0.15) is 5.58 Å². The Morgan fingerprint density at radius 1 is 0.315 bits per heavy atom. The quantitative estimate of drug-likeness (QED) is 0.166. The van der Waals surface area contributed by atoms with Gasteiger partial charge in [-0.2, -0.15) is 0 Å². The zero-order valence-corrected chi connectivity index (χ0v) is 29.6. The Hall–Kier alpha value is -7.16. The summed E-state index contributed by atoms with van der Waals surface area (Å²) in [7, 11) is 0. The van der Waals surface area contributed by atoms with Gasteiger partial charge in [-0.3, -0.25) is 0 Å². The van der Waals surface area contributed by atoms with Crippen LogP contribution in [0.25, 0.3) is 77.2 Å². The van der Waals surface area contributed by atoms with E-state index in [1.54, 1.807) is 0 Å². The number of anilines is 3. The molecule has 0 N–H and O–H groups in total. The number of para-hydroxylation sites is 2. The van der Waals surface area contributed by atoms with E-state index in [0.29, 0.717) is 0 Å². The molecule has 254 valence electrons. The van der Waals surface area contributed by atoms with Crippen molar-refractivity contribution in [1.82, 2.24) is 0 Å². The lowest BCUT2D eigenvalue weighted by atomic mass is 9.93. The molecule has 0 saturated heterocycles. The zero-order chi connectivity index (χ0) is 35.8. The summed E-state index contributed by atoms with van der Waals surface area (Å²) in [4.78, 5) is 2.35. The van der Waals surface area contributed by atoms with Crippen molar-refractivity contribution in [2.24, 2.45) is 0 Å². The van der Waals surface area contributed by atoms with Crippen molar-refractivity contribution in [1.29, 1.82) is 0 Å². The third-order valence-corrected chi connectivity index (χ3v) is 10.5. The number of fused-ring (bicyclic) bond motifs is 4. The van der Waals surface area contributed by atoms with Crippen molar-refractivity contribution in [2.75, 3.05) is 4.90 Å². The Labute approximate surface area is 314 Å². The second-order valence-electron chi connectivity index (χ2n) is 13.7. The number of hydrogen-bond acceptors (Lipinski definition) is 2. The van der Waals surface area contributed by atoms with E-state index in [0.717, 1.165) is 50.1 Å². The topological polar surface area (TPSA) is 16.4 Å². The third kappa shape index (κ3) is 5.62. The molecular formula is C52H35NO. The molecule has 0 fully saturated rings. The minimum Gasteiger partial charge on any atom is -0.454 e. The van der Waals surface area contributed by atoms with E-state index >= 15 is 0 Å². The second kappa shape index (κ2) is 13.4. The van der Waals surface area contributed by atoms with Gasteiger partial charge in [-0.05, 0) is 97.7 Å². The first-order valence-corrected chi connectivity index (χ1v) is 18.4. The van der Waals surface area contributed by atoms with Gasteiger partial charge in [0.05, 0.1) is 5.69 Å². The molecule has 0 aliphatic carbocycles. The van der Waals surface area contributed by atoms with E-state index in [1.165, 1.54) is 44.2 Å². The van der Waals surface area contributed by atoms with Gasteiger partial charge in [0.2, 0.25) is 0 Å². The van der Waals surface area contributed by atoms with Crippen molar-refractivity contribution < 1.29 is 4.42 Å². The molecule has 9 aromatic carbocycles. The van der Waals surface area contributed by atoms with E-state index < -0.39 is 0 Å². The molecular weight excluding hydrogens is 655 g/mol. The minimum atomic E-state index is 0.857. The summed E-state index contributed by atoms with van der Waals surface area (Å²) in [6.07, 6.45) is 0. The largest absolute Gasteiger partial charge is 0.454 e. The van der Waals surface area contributed by atoms with Crippen molar-refractivity contribution in [3.05, 3.63) is 212 Å². The smallest absolute Gasteiger partial charge is 0.159 e. The summed E-state index contributed by atoms with van der Waals surface area (Å²) >= 11 is 0. The van der Waals surface area contributed by atoms with Crippen molar-refractivity contribution in [2.45, 2.75) is 0 Å². The van der Waals surface area contributed by atoms with Crippen LogP contribution in [0.3, 0.4) is 0 Å². The van der Waals surface area contributed by atoms with E-state index in [1.807, 2.05) is 6.07 Å². The fraction of sp³-hybridized carbons (Fsp3) is 0. The van der Waals surface area contributed by atoms with Crippen LogP contribution >= 0.6 is 0 Å². The summed E-state index contributed by atoms with van der Waals surface area (Å²) in [6.45, 7) is 0. The molecule has 0 amide bonds. The van der Waals surface area contributed by atoms with Gasteiger partial charge in [-0.1, -0.05) is 170 Å². The minimum absolute atomic E-state index is 0.857. The van der Waals surface area contributed by atoms with Crippen molar-refractivity contribution in [3.63, 3.8) is 0 Å². The Balaban J connectivity index is 1.17. The number of rotatable bonds is 7. The molecule has 0 aliphatic rings. The summed E-state index contributed by atoms with van der Waals surface area (Å²) < 4.78 is 6.69. The lowest BCUT2D eigenvalue weighted by molar-refractivity contribution is 0.669. The van der Waals surface area contributed by atoms with E-state index in [2.05, 4.69) is 211 Å². The molecule has 10 rings (SSSR count). The predicted molar refractivity (Wildman–Crippen MR) is 228 cm³/mol. The van der Waals surface area contributed by atoms with Crippen LogP contribution in [0, 0.1) is 0 Å². The summed E-state index contributed by atoms with van der Waals surface area (Å²) in [5.41, 5.74) is 14.2. The first kappa shape index (κ1) is 31.6. The third-order valence-electron chi connectivity index (χ3n) is 10.5. The second-order valence-corrected chi connectivity index (χ2v) is 13.7. The van der Waals surface area contributed by atoms with E-state index in [-0.39, 0.29) is 0 Å². The summed E-state index contributed by atoms with van der Waals surface area (Å²) in [5, 5.41) is 4.70. The Kier molecular flexibility index (Phi) is 7.85. The summed E-state index contributed by atoms with van der Waals surface area (Å²) in [5.74, 6) is 0. The lowest BCUT2D eigenvalue weighted by Gasteiger charge is -2.27. The van der Waals surface area contributed by atoms with Crippen LogP contribution in [0.2, 0.25) is 0 Å². The molecule has 0 unspecified atom stereocenters. The first-order valence-electron chi connectivity index (χ1n) is 18.4. The van der Waals surface area contributed by atoms with E-state index in [4.69, 9.17) is 4.42 Å². The Morgan fingerprint density at radius 2 is 0.889 bits per heavy atom. The number of nitrogens with zero attached hydrogens (tertiary/aromatic N) is 1. The molecule has 0 bridgehead atoms. The van der Waals surface area contributed by atoms with Gasteiger partial charge in [-0.15, -0.1) is 0 Å². The van der Waals surface area contributed by atoms with E-state index in [9.17, 15) is 0 Å². The molecule has 10 aromatic rings. The van der Waals surface area contributed by atoms with Crippen LogP contribution in [-0.2, 0) is 0 Å². The highest BCUT2D eigenvalue weighted by Crippen LogP contribution is 2.45. The molecule has 1 heterocycles. The molecule has 0 radical (unpaired) electrons. The molecule has 0 aliphatic heterocycles. The normalized spacial score (nSPS) is 11.3. The average molecular weight is 690 g/mol. The number of furan rings is 1. The van der Waals surface area contributed by atoms with Gasteiger partial charge in [-0.25, -0.2) is 0 Å². The maximum atomic E-state index is 6.69. The first-order chi connectivity index (χ1) is 26.8. The van der Waals surface area contributed by atoms with Crippen LogP contribution in [0.4, 0.5) is 17.1 Å². The van der Waals surface area contributed by atoms with Gasteiger partial charge in [0.15, 0.2) is 5.58 Å². The monoisotopic (exact) mass is 689 g/mol. The highest BCUT2D eigenvalue weighted by molar-refractivity contribution is 6.10. The molecule has 0 atom stereocenters. The zero-order valence-electron chi connectivity index (χ0n) is 29.6. The lowest BCUT2D eigenvalue weighted by Crippen LogP contribution is -2.10. The summed E-state index contributed by atoms with van der Waals surface area (Å²) in [6, 6.07) is 75.9. The van der Waals surface area contributed by atoms with Crippen LogP contribution in [0.5, 0.6) is 0 Å². The maximum Gasteiger partial charge on any atom is 0.159 e. The standard InChI is InChI=1S/C52H35NO/c1-3-15-36(16-4-1)46-32-31-43(35-49(46)38-17-5-2-6-18-38)53(50-29-14-28-48-47-26-9-10-30-51(47)54-52(48)50)42-24-12-22-40(34-42)39-21-11-23-41(33-39)45-27-13-20-37-19-7-8-25-44(37)45/h1-35H. The molecule has 2 nitrogen and oxygen atoms in total. The molecule has 54 heavy (non-hydrogen) atoms.